The summed E-state index contributed by atoms with van der Waals surface area (Å²) >= 11 is 0. The highest BCUT2D eigenvalue weighted by Crippen LogP contribution is 2.04. The van der Waals surface area contributed by atoms with Gasteiger partial charge in [-0.3, -0.25) is 14.8 Å². The van der Waals surface area contributed by atoms with Crippen LogP contribution < -0.4 is 16.4 Å². The van der Waals surface area contributed by atoms with E-state index in [4.69, 9.17) is 15.3 Å². The molecule has 2 rings (SSSR count). The number of benzene rings is 2. The first kappa shape index (κ1) is 17.4. The largest absolute Gasteiger partial charge is 0.488 e. The molecule has 2 aromatic carbocycles. The van der Waals surface area contributed by atoms with Gasteiger partial charge in [0.05, 0.1) is 6.21 Å². The van der Waals surface area contributed by atoms with Gasteiger partial charge in [0.1, 0.15) is 0 Å². The van der Waals surface area contributed by atoms with E-state index in [1.165, 1.54) is 48.1 Å². The van der Waals surface area contributed by atoms with Crippen molar-refractivity contribution in [1.82, 2.24) is 10.9 Å². The molecule has 0 saturated heterocycles. The maximum Gasteiger partial charge on any atom is 0.488 e. The zero-order valence-electron chi connectivity index (χ0n) is 12.4. The molecule has 0 radical (unpaired) electrons. The van der Waals surface area contributed by atoms with Crippen molar-refractivity contribution in [1.29, 1.82) is 0 Å². The van der Waals surface area contributed by atoms with E-state index in [1.807, 2.05) is 0 Å². The van der Waals surface area contributed by atoms with E-state index in [-0.39, 0.29) is 5.56 Å². The van der Waals surface area contributed by atoms with Gasteiger partial charge in [-0.25, -0.2) is 10.9 Å². The van der Waals surface area contributed by atoms with Crippen molar-refractivity contribution >= 4 is 30.6 Å². The van der Waals surface area contributed by atoms with Crippen LogP contribution in [-0.4, -0.2) is 40.4 Å². The van der Waals surface area contributed by atoms with Crippen LogP contribution in [0.15, 0.2) is 53.6 Å². The molecule has 0 spiro atoms. The predicted octanol–water partition coefficient (Wildman–Crippen LogP) is -0.751. The van der Waals surface area contributed by atoms with Gasteiger partial charge in [-0.1, -0.05) is 24.3 Å². The van der Waals surface area contributed by atoms with E-state index in [0.29, 0.717) is 16.6 Å². The van der Waals surface area contributed by atoms with E-state index in [9.17, 15) is 9.59 Å². The summed E-state index contributed by atoms with van der Waals surface area (Å²) < 4.78 is 0. The Morgan fingerprint density at radius 1 is 0.917 bits per heavy atom. The summed E-state index contributed by atoms with van der Waals surface area (Å²) in [4.78, 5) is 23.1. The van der Waals surface area contributed by atoms with Gasteiger partial charge in [0.15, 0.2) is 0 Å². The lowest BCUT2D eigenvalue weighted by Crippen LogP contribution is -2.29. The number of hydrogen-bond donors (Lipinski definition) is 5. The quantitative estimate of drug-likeness (QED) is 0.213. The fourth-order valence-electron chi connectivity index (χ4n) is 1.82. The summed E-state index contributed by atoms with van der Waals surface area (Å²) in [6.07, 6.45) is 1.40. The summed E-state index contributed by atoms with van der Waals surface area (Å²) in [6.45, 7) is 0. The van der Waals surface area contributed by atoms with Crippen LogP contribution in [0.5, 0.6) is 0 Å². The topological polar surface area (TPSA) is 131 Å². The zero-order valence-corrected chi connectivity index (χ0v) is 12.4. The van der Waals surface area contributed by atoms with Gasteiger partial charge >= 0.3 is 7.12 Å². The van der Waals surface area contributed by atoms with Gasteiger partial charge in [-0.05, 0) is 35.3 Å². The van der Waals surface area contributed by atoms with Crippen molar-refractivity contribution in [3.8, 4) is 0 Å². The molecule has 2 aromatic rings. The Kier molecular flexibility index (Phi) is 5.80. The van der Waals surface area contributed by atoms with E-state index in [1.54, 1.807) is 12.1 Å². The molecule has 5 N–H and O–H groups in total. The van der Waals surface area contributed by atoms with Crippen molar-refractivity contribution in [2.24, 2.45) is 5.10 Å². The SMILES string of the molecule is O=C(NO)c1ccc(C(=O)N/N=C/c2ccc(B(O)O)cc2)cc1. The monoisotopic (exact) mass is 327 g/mol. The molecule has 8 nitrogen and oxygen atoms in total. The smallest absolute Gasteiger partial charge is 0.423 e. The number of carbonyl (C=O) groups is 2. The lowest BCUT2D eigenvalue weighted by atomic mass is 9.80. The average molecular weight is 327 g/mol. The van der Waals surface area contributed by atoms with Gasteiger partial charge in [-0.2, -0.15) is 5.10 Å². The second-order valence-corrected chi connectivity index (χ2v) is 4.76. The van der Waals surface area contributed by atoms with E-state index >= 15 is 0 Å². The summed E-state index contributed by atoms with van der Waals surface area (Å²) in [5.74, 6) is -1.14. The van der Waals surface area contributed by atoms with Crippen LogP contribution in [0.2, 0.25) is 0 Å². The molecule has 24 heavy (non-hydrogen) atoms. The number of hydroxylamine groups is 1. The van der Waals surface area contributed by atoms with Crippen LogP contribution in [-0.2, 0) is 0 Å². The van der Waals surface area contributed by atoms with Crippen LogP contribution in [0, 0.1) is 0 Å². The third kappa shape index (κ3) is 4.49. The van der Waals surface area contributed by atoms with Crippen LogP contribution in [0.4, 0.5) is 0 Å². The van der Waals surface area contributed by atoms with E-state index in [2.05, 4.69) is 10.5 Å². The normalized spacial score (nSPS) is 10.5. The molecule has 0 heterocycles. The molecule has 0 saturated carbocycles. The fraction of sp³-hybridized carbons (Fsp3) is 0. The zero-order chi connectivity index (χ0) is 17.5. The number of hydrogen-bond acceptors (Lipinski definition) is 6. The molecule has 0 atom stereocenters. The maximum absolute atomic E-state index is 11.9. The molecular formula is C15H14BN3O5. The van der Waals surface area contributed by atoms with Gasteiger partial charge in [-0.15, -0.1) is 0 Å². The Morgan fingerprint density at radius 3 is 1.96 bits per heavy atom. The Morgan fingerprint density at radius 2 is 1.46 bits per heavy atom. The fourth-order valence-corrected chi connectivity index (χ4v) is 1.82. The first-order chi connectivity index (χ1) is 11.5. The molecule has 9 heteroatoms. The van der Waals surface area contributed by atoms with Crippen molar-refractivity contribution in [2.45, 2.75) is 0 Å². The maximum atomic E-state index is 11.9. The van der Waals surface area contributed by atoms with Gasteiger partial charge in [0.2, 0.25) is 0 Å². The number of carbonyl (C=O) groups excluding carboxylic acids is 2. The second kappa shape index (κ2) is 8.02. The van der Waals surface area contributed by atoms with Gasteiger partial charge in [0.25, 0.3) is 11.8 Å². The van der Waals surface area contributed by atoms with E-state index < -0.39 is 18.9 Å². The van der Waals surface area contributed by atoms with Crippen molar-refractivity contribution < 1.29 is 24.8 Å². The Bertz CT molecular complexity index is 745. The highest BCUT2D eigenvalue weighted by Gasteiger charge is 2.09. The standard InChI is InChI=1S/C15H14BN3O5/c20-14(11-3-5-12(6-4-11)15(21)19-24)18-17-9-10-1-7-13(8-2-10)16(22)23/h1-9,22-24H,(H,18,20)(H,19,21)/b17-9+. The molecule has 0 aliphatic heterocycles. The number of hydrazone groups is 1. The van der Waals surface area contributed by atoms with Crippen LogP contribution in [0.25, 0.3) is 0 Å². The third-order valence-corrected chi connectivity index (χ3v) is 3.13. The minimum Gasteiger partial charge on any atom is -0.423 e. The van der Waals surface area contributed by atoms with Gasteiger partial charge < -0.3 is 10.0 Å². The number of nitrogens with one attached hydrogen (secondary N) is 2. The molecule has 0 bridgehead atoms. The second-order valence-electron chi connectivity index (χ2n) is 4.76. The van der Waals surface area contributed by atoms with Crippen molar-refractivity contribution in [3.63, 3.8) is 0 Å². The number of amides is 2. The minimum absolute atomic E-state index is 0.212. The Hall–Kier alpha value is -3.01. The summed E-state index contributed by atoms with van der Waals surface area (Å²) in [6, 6.07) is 11.9. The Balaban J connectivity index is 1.95. The van der Waals surface area contributed by atoms with Crippen molar-refractivity contribution in [3.05, 3.63) is 65.2 Å². The molecule has 0 aliphatic rings. The van der Waals surface area contributed by atoms with Crippen LogP contribution in [0.1, 0.15) is 26.3 Å². The first-order valence-corrected chi connectivity index (χ1v) is 6.85. The van der Waals surface area contributed by atoms with Crippen molar-refractivity contribution in [2.75, 3.05) is 0 Å². The molecule has 0 aliphatic carbocycles. The third-order valence-electron chi connectivity index (χ3n) is 3.13. The number of rotatable bonds is 5. The minimum atomic E-state index is -1.54. The molecule has 2 amide bonds. The Labute approximate surface area is 137 Å². The van der Waals surface area contributed by atoms with Gasteiger partial charge in [0, 0.05) is 11.1 Å². The number of nitrogens with zero attached hydrogens (tertiary/aromatic N) is 1. The van der Waals surface area contributed by atoms with Crippen LogP contribution >= 0.6 is 0 Å². The summed E-state index contributed by atoms with van der Waals surface area (Å²) in [7, 11) is -1.54. The van der Waals surface area contributed by atoms with Crippen LogP contribution in [0.3, 0.4) is 0 Å². The molecule has 0 fully saturated rings. The molecule has 0 aromatic heterocycles. The lowest BCUT2D eigenvalue weighted by Gasteiger charge is -2.02. The first-order valence-electron chi connectivity index (χ1n) is 6.85. The summed E-state index contributed by atoms with van der Waals surface area (Å²) in [5, 5.41) is 30.3. The average Bonchev–Trinajstić information content (AvgIpc) is 2.61. The molecule has 122 valence electrons. The highest BCUT2D eigenvalue weighted by molar-refractivity contribution is 6.58. The predicted molar refractivity (Wildman–Crippen MR) is 87.0 cm³/mol. The summed E-state index contributed by atoms with van der Waals surface area (Å²) in [5.41, 5.74) is 5.34. The van der Waals surface area contributed by atoms with E-state index in [0.717, 1.165) is 0 Å². The molecule has 0 unspecified atom stereocenters. The lowest BCUT2D eigenvalue weighted by molar-refractivity contribution is 0.0706. The molecular weight excluding hydrogens is 313 g/mol. The highest BCUT2D eigenvalue weighted by atomic mass is 16.5.